The second kappa shape index (κ2) is 6.05. The molecule has 122 valence electrons. The molecule has 1 aliphatic rings. The molecule has 0 aromatic carbocycles. The molecule has 3 heterocycles. The maximum Gasteiger partial charge on any atom is 0.407 e. The van der Waals surface area contributed by atoms with Gasteiger partial charge < -0.3 is 10.0 Å². The van der Waals surface area contributed by atoms with Crippen molar-refractivity contribution in [2.45, 2.75) is 31.7 Å². The molecule has 23 heavy (non-hydrogen) atoms. The van der Waals surface area contributed by atoms with E-state index in [9.17, 15) is 9.18 Å². The van der Waals surface area contributed by atoms with Crippen LogP contribution in [-0.2, 0) is 0 Å². The van der Waals surface area contributed by atoms with Gasteiger partial charge in [-0.1, -0.05) is 11.6 Å². The van der Waals surface area contributed by atoms with Crippen LogP contribution >= 0.6 is 23.2 Å². The summed E-state index contributed by atoms with van der Waals surface area (Å²) in [6, 6.07) is -0.167. The first-order valence-corrected chi connectivity index (χ1v) is 7.80. The molecule has 1 saturated heterocycles. The Bertz CT molecular complexity index is 789. The Morgan fingerprint density at radius 2 is 2.17 bits per heavy atom. The predicted octanol–water partition coefficient (Wildman–Crippen LogP) is 3.72. The van der Waals surface area contributed by atoms with Crippen molar-refractivity contribution in [3.63, 3.8) is 0 Å². The van der Waals surface area contributed by atoms with Crippen LogP contribution in [0.25, 0.3) is 10.9 Å². The lowest BCUT2D eigenvalue weighted by Crippen LogP contribution is -2.43. The average Bonchev–Trinajstić information content (AvgIpc) is 2.50. The van der Waals surface area contributed by atoms with Crippen molar-refractivity contribution in [1.82, 2.24) is 19.9 Å². The molecule has 0 saturated carbocycles. The van der Waals surface area contributed by atoms with E-state index in [0.717, 1.165) is 0 Å². The van der Waals surface area contributed by atoms with E-state index in [1.54, 1.807) is 0 Å². The standard InChI is InChI=1S/C14H13Cl2FN4O2/c1-6-4-7(2-3-21(6)14(22)23)10-8-5-18-12(15)9(17)11(8)20-13(16)19-10/h5-7H,2-4H2,1H3,(H,22,23)/t6-,7?/m0/s1. The Kier molecular flexibility index (Phi) is 4.25. The van der Waals surface area contributed by atoms with E-state index in [-0.39, 0.29) is 27.9 Å². The number of carbonyl (C=O) groups is 1. The number of hydrogen-bond acceptors (Lipinski definition) is 4. The number of fused-ring (bicyclic) bond motifs is 1. The molecular formula is C14H13Cl2FN4O2. The van der Waals surface area contributed by atoms with E-state index in [4.69, 9.17) is 28.3 Å². The van der Waals surface area contributed by atoms with Crippen LogP contribution < -0.4 is 0 Å². The third kappa shape index (κ3) is 2.90. The fourth-order valence-electron chi connectivity index (χ4n) is 3.04. The van der Waals surface area contributed by atoms with Crippen molar-refractivity contribution in [1.29, 1.82) is 0 Å². The van der Waals surface area contributed by atoms with E-state index >= 15 is 0 Å². The van der Waals surface area contributed by atoms with Gasteiger partial charge in [-0.3, -0.25) is 0 Å². The molecule has 0 radical (unpaired) electrons. The highest BCUT2D eigenvalue weighted by Gasteiger charge is 2.31. The molecule has 0 spiro atoms. The first-order valence-electron chi connectivity index (χ1n) is 7.05. The normalized spacial score (nSPS) is 21.7. The van der Waals surface area contributed by atoms with Gasteiger partial charge in [-0.15, -0.1) is 0 Å². The minimum Gasteiger partial charge on any atom is -0.465 e. The number of pyridine rings is 1. The summed E-state index contributed by atoms with van der Waals surface area (Å²) in [5.74, 6) is -0.781. The second-order valence-corrected chi connectivity index (χ2v) is 6.25. The van der Waals surface area contributed by atoms with Crippen LogP contribution in [-0.4, -0.2) is 43.6 Å². The van der Waals surface area contributed by atoms with Gasteiger partial charge in [0.05, 0.1) is 5.69 Å². The van der Waals surface area contributed by atoms with Crippen molar-refractivity contribution in [3.05, 3.63) is 28.1 Å². The summed E-state index contributed by atoms with van der Waals surface area (Å²) >= 11 is 11.6. The highest BCUT2D eigenvalue weighted by atomic mass is 35.5. The van der Waals surface area contributed by atoms with Gasteiger partial charge in [-0.25, -0.2) is 24.1 Å². The second-order valence-electron chi connectivity index (χ2n) is 5.55. The highest BCUT2D eigenvalue weighted by molar-refractivity contribution is 6.30. The van der Waals surface area contributed by atoms with Gasteiger partial charge in [-0.2, -0.15) is 0 Å². The van der Waals surface area contributed by atoms with Gasteiger partial charge in [-0.05, 0) is 31.4 Å². The van der Waals surface area contributed by atoms with Gasteiger partial charge in [0.15, 0.2) is 11.0 Å². The number of rotatable bonds is 1. The monoisotopic (exact) mass is 358 g/mol. The van der Waals surface area contributed by atoms with Crippen molar-refractivity contribution >= 4 is 40.2 Å². The smallest absolute Gasteiger partial charge is 0.407 e. The average molecular weight is 359 g/mol. The molecule has 2 atom stereocenters. The topological polar surface area (TPSA) is 79.2 Å². The molecule has 2 aromatic heterocycles. The van der Waals surface area contributed by atoms with Crippen LogP contribution in [0.1, 0.15) is 31.4 Å². The maximum absolute atomic E-state index is 14.1. The largest absolute Gasteiger partial charge is 0.465 e. The molecule has 1 aliphatic heterocycles. The predicted molar refractivity (Wildman–Crippen MR) is 83.5 cm³/mol. The van der Waals surface area contributed by atoms with Gasteiger partial charge in [0.2, 0.25) is 5.28 Å². The molecule has 9 heteroatoms. The number of nitrogens with zero attached hydrogens (tertiary/aromatic N) is 4. The van der Waals surface area contributed by atoms with Gasteiger partial charge >= 0.3 is 6.09 Å². The Hall–Kier alpha value is -1.73. The molecule has 1 N–H and O–H groups in total. The lowest BCUT2D eigenvalue weighted by Gasteiger charge is -2.35. The van der Waals surface area contributed by atoms with E-state index in [0.29, 0.717) is 30.5 Å². The molecule has 2 aromatic rings. The number of halogens is 3. The summed E-state index contributed by atoms with van der Waals surface area (Å²) in [6.45, 7) is 2.22. The van der Waals surface area contributed by atoms with Crippen molar-refractivity contribution in [2.75, 3.05) is 6.54 Å². The number of aromatic nitrogens is 3. The van der Waals surface area contributed by atoms with Crippen LogP contribution in [0, 0.1) is 5.82 Å². The van der Waals surface area contributed by atoms with Gasteiger partial charge in [0.1, 0.15) is 5.52 Å². The molecule has 1 unspecified atom stereocenters. The molecule has 3 rings (SSSR count). The van der Waals surface area contributed by atoms with E-state index in [1.165, 1.54) is 11.1 Å². The molecule has 1 fully saturated rings. The van der Waals surface area contributed by atoms with Crippen LogP contribution in [0.3, 0.4) is 0 Å². The minimum absolute atomic E-state index is 0.0355. The third-order valence-corrected chi connectivity index (χ3v) is 4.58. The van der Waals surface area contributed by atoms with E-state index in [1.807, 2.05) is 6.92 Å². The minimum atomic E-state index is -0.943. The maximum atomic E-state index is 14.1. The van der Waals surface area contributed by atoms with Crippen LogP contribution in [0.4, 0.5) is 9.18 Å². The molecular weight excluding hydrogens is 346 g/mol. The fourth-order valence-corrected chi connectivity index (χ4v) is 3.36. The zero-order valence-electron chi connectivity index (χ0n) is 12.1. The molecule has 6 nitrogen and oxygen atoms in total. The summed E-state index contributed by atoms with van der Waals surface area (Å²) in [5, 5.41) is 9.27. The summed E-state index contributed by atoms with van der Waals surface area (Å²) in [5.41, 5.74) is 0.619. The van der Waals surface area contributed by atoms with Crippen molar-refractivity contribution in [2.24, 2.45) is 0 Å². The summed E-state index contributed by atoms with van der Waals surface area (Å²) < 4.78 is 14.1. The summed E-state index contributed by atoms with van der Waals surface area (Å²) in [7, 11) is 0. The van der Waals surface area contributed by atoms with E-state index < -0.39 is 11.9 Å². The molecule has 0 aliphatic carbocycles. The Morgan fingerprint density at radius 3 is 2.83 bits per heavy atom. The Morgan fingerprint density at radius 1 is 1.43 bits per heavy atom. The number of hydrogen-bond donors (Lipinski definition) is 1. The van der Waals surface area contributed by atoms with Gasteiger partial charge in [0, 0.05) is 30.1 Å². The number of piperidine rings is 1. The zero-order chi connectivity index (χ0) is 16.7. The van der Waals surface area contributed by atoms with Crippen molar-refractivity contribution < 1.29 is 14.3 Å². The first kappa shape index (κ1) is 16.1. The summed E-state index contributed by atoms with van der Waals surface area (Å²) in [6.07, 6.45) is 1.63. The van der Waals surface area contributed by atoms with Crippen LogP contribution in [0.2, 0.25) is 10.4 Å². The Labute approximate surface area is 141 Å². The number of likely N-dealkylation sites (tertiary alicyclic amines) is 1. The summed E-state index contributed by atoms with van der Waals surface area (Å²) in [4.78, 5) is 24.5. The van der Waals surface area contributed by atoms with Gasteiger partial charge in [0.25, 0.3) is 0 Å². The Balaban J connectivity index is 2.04. The third-order valence-electron chi connectivity index (χ3n) is 4.15. The fraction of sp³-hybridized carbons (Fsp3) is 0.429. The lowest BCUT2D eigenvalue weighted by molar-refractivity contribution is 0.106. The SMILES string of the molecule is C[C@H]1CC(c2nc(Cl)nc3c(F)c(Cl)ncc23)CCN1C(=O)O. The van der Waals surface area contributed by atoms with Crippen LogP contribution in [0.5, 0.6) is 0 Å². The van der Waals surface area contributed by atoms with Crippen molar-refractivity contribution in [3.8, 4) is 0 Å². The number of amides is 1. The molecule has 0 bridgehead atoms. The molecule has 1 amide bonds. The zero-order valence-corrected chi connectivity index (χ0v) is 13.6. The van der Waals surface area contributed by atoms with Crippen LogP contribution in [0.15, 0.2) is 6.20 Å². The van der Waals surface area contributed by atoms with E-state index in [2.05, 4.69) is 15.0 Å². The quantitative estimate of drug-likeness (QED) is 0.620. The lowest BCUT2D eigenvalue weighted by atomic mass is 9.87. The number of carboxylic acid groups (broad SMARTS) is 1. The first-order chi connectivity index (χ1) is 10.9. The highest BCUT2D eigenvalue weighted by Crippen LogP contribution is 2.35.